The maximum atomic E-state index is 3.75. The summed E-state index contributed by atoms with van der Waals surface area (Å²) in [5.74, 6) is 0. The minimum atomic E-state index is 0.406. The van der Waals surface area contributed by atoms with Gasteiger partial charge in [-0.2, -0.15) is 0 Å². The molecule has 14 heavy (non-hydrogen) atoms. The average Bonchev–Trinajstić information content (AvgIpc) is 2.12. The monoisotopic (exact) mass is 214 g/mol. The molecule has 0 aromatic heterocycles. The van der Waals surface area contributed by atoms with E-state index in [0.717, 1.165) is 11.3 Å². The van der Waals surface area contributed by atoms with Crippen LogP contribution < -0.4 is 5.32 Å². The van der Waals surface area contributed by atoms with Gasteiger partial charge in [0, 0.05) is 17.8 Å². The Morgan fingerprint density at radius 1 is 1.43 bits per heavy atom. The number of hydrogen-bond donors (Lipinski definition) is 1. The van der Waals surface area contributed by atoms with E-state index >= 15 is 0 Å². The van der Waals surface area contributed by atoms with Crippen molar-refractivity contribution < 1.29 is 0 Å². The molecule has 0 amide bonds. The van der Waals surface area contributed by atoms with Crippen molar-refractivity contribution in [1.82, 2.24) is 10.2 Å². The first kappa shape index (κ1) is 10.8. The lowest BCUT2D eigenvalue weighted by atomic mass is 9.97. The standard InChI is InChI=1S/C11H22N2S/c1-9-8-11(5-7-13(9)3)12-6-4-10(2)14-11/h9-10,12H,4-8H2,1-3H3. The molecule has 2 aliphatic rings. The van der Waals surface area contributed by atoms with E-state index in [1.807, 2.05) is 0 Å². The fraction of sp³-hybridized carbons (Fsp3) is 1.00. The summed E-state index contributed by atoms with van der Waals surface area (Å²) < 4.78 is 0. The molecule has 2 fully saturated rings. The van der Waals surface area contributed by atoms with Crippen molar-refractivity contribution in [3.63, 3.8) is 0 Å². The molecule has 2 saturated heterocycles. The minimum absolute atomic E-state index is 0.406. The Hall–Kier alpha value is 0.270. The highest BCUT2D eigenvalue weighted by atomic mass is 32.2. The number of nitrogens with zero attached hydrogens (tertiary/aromatic N) is 1. The van der Waals surface area contributed by atoms with Crippen LogP contribution in [0.1, 0.15) is 33.1 Å². The molecule has 0 aliphatic carbocycles. The third-order valence-corrected chi connectivity index (χ3v) is 5.28. The first-order chi connectivity index (χ1) is 6.61. The van der Waals surface area contributed by atoms with Crippen LogP contribution in [0.3, 0.4) is 0 Å². The van der Waals surface area contributed by atoms with Gasteiger partial charge in [0.15, 0.2) is 0 Å². The summed E-state index contributed by atoms with van der Waals surface area (Å²) in [5.41, 5.74) is 0. The van der Waals surface area contributed by atoms with Crippen LogP contribution in [-0.4, -0.2) is 41.2 Å². The van der Waals surface area contributed by atoms with Crippen LogP contribution in [0.15, 0.2) is 0 Å². The van der Waals surface area contributed by atoms with E-state index < -0.39 is 0 Å². The molecule has 2 aliphatic heterocycles. The van der Waals surface area contributed by atoms with Crippen LogP contribution in [0.4, 0.5) is 0 Å². The smallest absolute Gasteiger partial charge is 0.0675 e. The molecule has 82 valence electrons. The van der Waals surface area contributed by atoms with Gasteiger partial charge in [0.1, 0.15) is 0 Å². The van der Waals surface area contributed by atoms with E-state index in [2.05, 4.69) is 42.9 Å². The van der Waals surface area contributed by atoms with Crippen molar-refractivity contribution in [3.8, 4) is 0 Å². The summed E-state index contributed by atoms with van der Waals surface area (Å²) in [6.07, 6.45) is 3.94. The van der Waals surface area contributed by atoms with Crippen molar-refractivity contribution in [2.75, 3.05) is 20.1 Å². The zero-order valence-corrected chi connectivity index (χ0v) is 10.4. The Labute approximate surface area is 91.8 Å². The largest absolute Gasteiger partial charge is 0.303 e. The number of thioether (sulfide) groups is 1. The zero-order chi connectivity index (χ0) is 10.2. The third kappa shape index (κ3) is 2.10. The van der Waals surface area contributed by atoms with Gasteiger partial charge in [-0.05, 0) is 39.8 Å². The summed E-state index contributed by atoms with van der Waals surface area (Å²) in [4.78, 5) is 2.89. The molecule has 0 radical (unpaired) electrons. The fourth-order valence-electron chi connectivity index (χ4n) is 2.57. The van der Waals surface area contributed by atoms with Gasteiger partial charge in [-0.3, -0.25) is 0 Å². The van der Waals surface area contributed by atoms with E-state index in [4.69, 9.17) is 0 Å². The van der Waals surface area contributed by atoms with Gasteiger partial charge in [0.05, 0.1) is 4.87 Å². The van der Waals surface area contributed by atoms with Crippen molar-refractivity contribution in [2.45, 2.75) is 49.3 Å². The highest BCUT2D eigenvalue weighted by molar-refractivity contribution is 8.01. The Kier molecular flexibility index (Phi) is 3.10. The Bertz CT molecular complexity index is 209. The summed E-state index contributed by atoms with van der Waals surface area (Å²) in [5, 5.41) is 4.59. The van der Waals surface area contributed by atoms with Crippen molar-refractivity contribution in [3.05, 3.63) is 0 Å². The van der Waals surface area contributed by atoms with Crippen molar-refractivity contribution in [1.29, 1.82) is 0 Å². The van der Waals surface area contributed by atoms with Gasteiger partial charge < -0.3 is 10.2 Å². The van der Waals surface area contributed by atoms with E-state index in [1.54, 1.807) is 0 Å². The summed E-state index contributed by atoms with van der Waals surface area (Å²) >= 11 is 2.18. The molecule has 0 saturated carbocycles. The zero-order valence-electron chi connectivity index (χ0n) is 9.55. The van der Waals surface area contributed by atoms with E-state index in [0.29, 0.717) is 4.87 Å². The maximum Gasteiger partial charge on any atom is 0.0675 e. The number of hydrogen-bond acceptors (Lipinski definition) is 3. The summed E-state index contributed by atoms with van der Waals surface area (Å²) in [6.45, 7) is 7.18. The Balaban J connectivity index is 2.01. The fourth-order valence-corrected chi connectivity index (χ4v) is 4.31. The molecule has 2 heterocycles. The lowest BCUT2D eigenvalue weighted by molar-refractivity contribution is 0.151. The van der Waals surface area contributed by atoms with Crippen LogP contribution in [0, 0.1) is 0 Å². The number of nitrogens with one attached hydrogen (secondary N) is 1. The van der Waals surface area contributed by atoms with Crippen molar-refractivity contribution in [2.24, 2.45) is 0 Å². The van der Waals surface area contributed by atoms with Crippen LogP contribution in [0.5, 0.6) is 0 Å². The predicted octanol–water partition coefficient (Wildman–Crippen LogP) is 1.91. The molecule has 2 rings (SSSR count). The number of piperidine rings is 1. The normalized spacial score (nSPS) is 45.6. The molecule has 0 aromatic carbocycles. The second kappa shape index (κ2) is 4.03. The Morgan fingerprint density at radius 2 is 2.21 bits per heavy atom. The Morgan fingerprint density at radius 3 is 2.86 bits per heavy atom. The number of likely N-dealkylation sites (tertiary alicyclic amines) is 1. The third-order valence-electron chi connectivity index (χ3n) is 3.67. The van der Waals surface area contributed by atoms with Crippen LogP contribution in [0.25, 0.3) is 0 Å². The summed E-state index contributed by atoms with van der Waals surface area (Å²) in [6, 6.07) is 0.731. The van der Waals surface area contributed by atoms with Gasteiger partial charge in [0.2, 0.25) is 0 Å². The molecule has 1 N–H and O–H groups in total. The average molecular weight is 214 g/mol. The number of rotatable bonds is 0. The first-order valence-electron chi connectivity index (χ1n) is 5.74. The molecule has 3 heteroatoms. The van der Waals surface area contributed by atoms with Gasteiger partial charge in [0.25, 0.3) is 0 Å². The molecule has 3 atom stereocenters. The molecule has 0 bridgehead atoms. The van der Waals surface area contributed by atoms with E-state index in [-0.39, 0.29) is 0 Å². The highest BCUT2D eigenvalue weighted by Crippen LogP contribution is 2.41. The molecule has 1 spiro atoms. The van der Waals surface area contributed by atoms with E-state index in [1.165, 1.54) is 32.4 Å². The molecule has 2 nitrogen and oxygen atoms in total. The van der Waals surface area contributed by atoms with Gasteiger partial charge in [-0.1, -0.05) is 6.92 Å². The quantitative estimate of drug-likeness (QED) is 0.663. The van der Waals surface area contributed by atoms with Crippen molar-refractivity contribution >= 4 is 11.8 Å². The first-order valence-corrected chi connectivity index (χ1v) is 6.62. The minimum Gasteiger partial charge on any atom is -0.303 e. The SMILES string of the molecule is CC1CCNC2(CCN(C)C(C)C2)S1. The van der Waals surface area contributed by atoms with E-state index in [9.17, 15) is 0 Å². The second-order valence-corrected chi connectivity index (χ2v) is 6.74. The highest BCUT2D eigenvalue weighted by Gasteiger charge is 2.40. The van der Waals surface area contributed by atoms with Crippen LogP contribution in [-0.2, 0) is 0 Å². The van der Waals surface area contributed by atoms with Gasteiger partial charge in [-0.15, -0.1) is 11.8 Å². The molecule has 0 aromatic rings. The van der Waals surface area contributed by atoms with Gasteiger partial charge >= 0.3 is 0 Å². The molecular weight excluding hydrogens is 192 g/mol. The van der Waals surface area contributed by atoms with Gasteiger partial charge in [-0.25, -0.2) is 0 Å². The predicted molar refractivity (Wildman–Crippen MR) is 63.7 cm³/mol. The molecule has 3 unspecified atom stereocenters. The van der Waals surface area contributed by atoms with Crippen LogP contribution >= 0.6 is 11.8 Å². The lowest BCUT2D eigenvalue weighted by Gasteiger charge is -2.48. The lowest BCUT2D eigenvalue weighted by Crippen LogP contribution is -2.56. The maximum absolute atomic E-state index is 3.75. The topological polar surface area (TPSA) is 15.3 Å². The second-order valence-electron chi connectivity index (χ2n) is 4.92. The molecular formula is C11H22N2S. The van der Waals surface area contributed by atoms with Crippen LogP contribution in [0.2, 0.25) is 0 Å². The summed E-state index contributed by atoms with van der Waals surface area (Å²) in [7, 11) is 2.24.